The lowest BCUT2D eigenvalue weighted by atomic mass is 9.99. The molecule has 2 aromatic rings. The number of benzene rings is 1. The molecule has 1 atom stereocenters. The number of aromatic nitrogens is 2. The summed E-state index contributed by atoms with van der Waals surface area (Å²) in [4.78, 5) is 17.3. The van der Waals surface area contributed by atoms with Gasteiger partial charge in [-0.15, -0.1) is 0 Å². The third-order valence-corrected chi connectivity index (χ3v) is 3.80. The Labute approximate surface area is 127 Å². The average Bonchev–Trinajstić information content (AvgIpc) is 3.05. The van der Waals surface area contributed by atoms with E-state index in [2.05, 4.69) is 10.1 Å². The van der Waals surface area contributed by atoms with E-state index in [0.29, 0.717) is 24.8 Å². The molecule has 22 heavy (non-hydrogen) atoms. The maximum absolute atomic E-state index is 11.1. The highest BCUT2D eigenvalue weighted by Crippen LogP contribution is 2.25. The molecule has 7 heteroatoms. The number of rotatable bonds is 4. The van der Waals surface area contributed by atoms with Crippen molar-refractivity contribution in [3.8, 4) is 17.1 Å². The van der Waals surface area contributed by atoms with Crippen LogP contribution in [0, 0.1) is 5.92 Å². The number of aliphatic carboxylic acids is 1. The van der Waals surface area contributed by atoms with Gasteiger partial charge in [0.25, 0.3) is 0 Å². The minimum atomic E-state index is -0.778. The molecule has 3 rings (SSSR count). The number of piperidine rings is 1. The highest BCUT2D eigenvalue weighted by molar-refractivity contribution is 5.71. The van der Waals surface area contributed by atoms with E-state index < -0.39 is 5.97 Å². The fraction of sp³-hybridized carbons (Fsp3) is 0.400. The molecule has 1 unspecified atom stereocenters. The third kappa shape index (κ3) is 2.88. The van der Waals surface area contributed by atoms with Crippen LogP contribution in [0.1, 0.15) is 12.8 Å². The van der Waals surface area contributed by atoms with Crippen LogP contribution in [-0.2, 0) is 4.79 Å². The molecule has 1 saturated heterocycles. The maximum Gasteiger partial charge on any atom is 0.324 e. The van der Waals surface area contributed by atoms with E-state index in [0.717, 1.165) is 24.3 Å². The number of methoxy groups -OCH3 is 1. The molecule has 0 bridgehead atoms. The van der Waals surface area contributed by atoms with Crippen molar-refractivity contribution >= 4 is 12.0 Å². The second-order valence-electron chi connectivity index (χ2n) is 5.25. The SMILES string of the molecule is COc1ccc(-c2noc(N3CCCC(C(=O)O)C3)n2)cc1. The molecule has 116 valence electrons. The summed E-state index contributed by atoms with van der Waals surface area (Å²) in [5, 5.41) is 13.1. The smallest absolute Gasteiger partial charge is 0.324 e. The summed E-state index contributed by atoms with van der Waals surface area (Å²) < 4.78 is 10.4. The number of hydrogen-bond donors (Lipinski definition) is 1. The average molecular weight is 303 g/mol. The summed E-state index contributed by atoms with van der Waals surface area (Å²) in [5.41, 5.74) is 0.822. The summed E-state index contributed by atoms with van der Waals surface area (Å²) in [6.45, 7) is 1.13. The number of carboxylic acid groups (broad SMARTS) is 1. The van der Waals surface area contributed by atoms with Crippen LogP contribution >= 0.6 is 0 Å². The van der Waals surface area contributed by atoms with Gasteiger partial charge in [0.15, 0.2) is 0 Å². The van der Waals surface area contributed by atoms with Crippen LogP contribution in [0.25, 0.3) is 11.4 Å². The van der Waals surface area contributed by atoms with E-state index in [9.17, 15) is 4.79 Å². The zero-order chi connectivity index (χ0) is 15.5. The number of ether oxygens (including phenoxy) is 1. The summed E-state index contributed by atoms with van der Waals surface area (Å²) in [6, 6.07) is 7.73. The summed E-state index contributed by atoms with van der Waals surface area (Å²) in [6.07, 6.45) is 1.49. The first-order valence-electron chi connectivity index (χ1n) is 7.13. The van der Waals surface area contributed by atoms with Gasteiger partial charge in [0.05, 0.1) is 13.0 Å². The van der Waals surface area contributed by atoms with Crippen LogP contribution in [-0.4, -0.2) is 41.4 Å². The van der Waals surface area contributed by atoms with Gasteiger partial charge in [-0.25, -0.2) is 0 Å². The molecule has 0 radical (unpaired) electrons. The molecule has 1 aromatic carbocycles. The van der Waals surface area contributed by atoms with Crippen molar-refractivity contribution in [2.75, 3.05) is 25.1 Å². The van der Waals surface area contributed by atoms with Crippen molar-refractivity contribution in [1.29, 1.82) is 0 Å². The van der Waals surface area contributed by atoms with E-state index in [1.807, 2.05) is 29.2 Å². The summed E-state index contributed by atoms with van der Waals surface area (Å²) in [7, 11) is 1.61. The van der Waals surface area contributed by atoms with Crippen molar-refractivity contribution in [3.63, 3.8) is 0 Å². The van der Waals surface area contributed by atoms with Crippen LogP contribution in [0.2, 0.25) is 0 Å². The zero-order valence-corrected chi connectivity index (χ0v) is 12.2. The van der Waals surface area contributed by atoms with Gasteiger partial charge < -0.3 is 19.3 Å². The van der Waals surface area contributed by atoms with Gasteiger partial charge in [0.2, 0.25) is 5.82 Å². The zero-order valence-electron chi connectivity index (χ0n) is 12.2. The Bertz CT molecular complexity index is 653. The Balaban J connectivity index is 1.76. The molecular formula is C15H17N3O4. The van der Waals surface area contributed by atoms with Gasteiger partial charge >= 0.3 is 12.0 Å². The Hall–Kier alpha value is -2.57. The van der Waals surface area contributed by atoms with Gasteiger partial charge in [-0.2, -0.15) is 4.98 Å². The van der Waals surface area contributed by atoms with Crippen LogP contribution in [0.4, 0.5) is 6.01 Å². The van der Waals surface area contributed by atoms with Crippen LogP contribution in [0.15, 0.2) is 28.8 Å². The molecule has 0 amide bonds. The molecular weight excluding hydrogens is 286 g/mol. The second-order valence-corrected chi connectivity index (χ2v) is 5.25. The molecule has 0 spiro atoms. The highest BCUT2D eigenvalue weighted by Gasteiger charge is 2.28. The number of anilines is 1. The lowest BCUT2D eigenvalue weighted by Gasteiger charge is -2.28. The van der Waals surface area contributed by atoms with Gasteiger partial charge in [0, 0.05) is 18.7 Å². The molecule has 2 heterocycles. The van der Waals surface area contributed by atoms with Crippen molar-refractivity contribution in [2.24, 2.45) is 5.92 Å². The normalized spacial score (nSPS) is 18.2. The number of hydrogen-bond acceptors (Lipinski definition) is 6. The first kappa shape index (κ1) is 14.4. The fourth-order valence-corrected chi connectivity index (χ4v) is 2.55. The lowest BCUT2D eigenvalue weighted by molar-refractivity contribution is -0.141. The number of nitrogens with zero attached hydrogens (tertiary/aromatic N) is 3. The molecule has 0 aliphatic carbocycles. The standard InChI is InChI=1S/C15H17N3O4/c1-21-12-6-4-10(5-7-12)13-16-15(22-17-13)18-8-2-3-11(9-18)14(19)20/h4-7,11H,2-3,8-9H2,1H3,(H,19,20). The molecule has 0 saturated carbocycles. The second kappa shape index (κ2) is 6.05. The Kier molecular flexibility index (Phi) is 3.95. The molecule has 1 aliphatic rings. The summed E-state index contributed by atoms with van der Waals surface area (Å²) in [5.74, 6) is 0.0765. The number of carbonyl (C=O) groups is 1. The predicted octanol–water partition coefficient (Wildman–Crippen LogP) is 2.05. The first-order valence-corrected chi connectivity index (χ1v) is 7.13. The van der Waals surface area contributed by atoms with Crippen molar-refractivity contribution in [3.05, 3.63) is 24.3 Å². The van der Waals surface area contributed by atoms with Gasteiger partial charge in [-0.05, 0) is 37.1 Å². The molecule has 1 N–H and O–H groups in total. The van der Waals surface area contributed by atoms with E-state index in [-0.39, 0.29) is 5.92 Å². The van der Waals surface area contributed by atoms with E-state index in [4.69, 9.17) is 14.4 Å². The lowest BCUT2D eigenvalue weighted by Crippen LogP contribution is -2.38. The first-order chi connectivity index (χ1) is 10.7. The predicted molar refractivity (Wildman–Crippen MR) is 78.9 cm³/mol. The molecule has 1 fully saturated rings. The monoisotopic (exact) mass is 303 g/mol. The third-order valence-electron chi connectivity index (χ3n) is 3.80. The molecule has 1 aromatic heterocycles. The van der Waals surface area contributed by atoms with Crippen LogP contribution in [0.5, 0.6) is 5.75 Å². The van der Waals surface area contributed by atoms with Gasteiger partial charge in [-0.3, -0.25) is 4.79 Å². The van der Waals surface area contributed by atoms with E-state index in [1.54, 1.807) is 7.11 Å². The highest BCUT2D eigenvalue weighted by atomic mass is 16.5. The van der Waals surface area contributed by atoms with Crippen molar-refractivity contribution in [2.45, 2.75) is 12.8 Å². The van der Waals surface area contributed by atoms with E-state index >= 15 is 0 Å². The minimum absolute atomic E-state index is 0.372. The van der Waals surface area contributed by atoms with Crippen molar-refractivity contribution < 1.29 is 19.2 Å². The van der Waals surface area contributed by atoms with Crippen molar-refractivity contribution in [1.82, 2.24) is 10.1 Å². The summed E-state index contributed by atoms with van der Waals surface area (Å²) >= 11 is 0. The van der Waals surface area contributed by atoms with E-state index in [1.165, 1.54) is 0 Å². The van der Waals surface area contributed by atoms with Gasteiger partial charge in [0.1, 0.15) is 5.75 Å². The largest absolute Gasteiger partial charge is 0.497 e. The minimum Gasteiger partial charge on any atom is -0.497 e. The Morgan fingerprint density at radius 3 is 2.86 bits per heavy atom. The quantitative estimate of drug-likeness (QED) is 0.924. The van der Waals surface area contributed by atoms with Crippen LogP contribution in [0.3, 0.4) is 0 Å². The van der Waals surface area contributed by atoms with Gasteiger partial charge in [-0.1, -0.05) is 5.16 Å². The maximum atomic E-state index is 11.1. The molecule has 1 aliphatic heterocycles. The Morgan fingerprint density at radius 2 is 2.18 bits per heavy atom. The fourth-order valence-electron chi connectivity index (χ4n) is 2.55. The topological polar surface area (TPSA) is 88.7 Å². The van der Waals surface area contributed by atoms with Crippen LogP contribution < -0.4 is 9.64 Å². The molecule has 7 nitrogen and oxygen atoms in total. The Morgan fingerprint density at radius 1 is 1.41 bits per heavy atom. The number of carboxylic acids is 1.